The average Bonchev–Trinajstić information content (AvgIpc) is 0.918. The van der Waals surface area contributed by atoms with E-state index in [9.17, 15) is 0 Å². The van der Waals surface area contributed by atoms with Gasteiger partial charge in [0.25, 0.3) is 0 Å². The summed E-state index contributed by atoms with van der Waals surface area (Å²) in [5, 5.41) is 0. The van der Waals surface area contributed by atoms with Crippen LogP contribution in [0.4, 0.5) is 0 Å². The monoisotopic (exact) mass is 171 g/mol. The molecule has 0 rings (SSSR count). The van der Waals surface area contributed by atoms with Crippen molar-refractivity contribution in [3.63, 3.8) is 0 Å². The molecule has 0 aliphatic heterocycles. The van der Waals surface area contributed by atoms with Gasteiger partial charge in [0.1, 0.15) is 0 Å². The van der Waals surface area contributed by atoms with Gasteiger partial charge in [0.15, 0.2) is 0 Å². The maximum absolute atomic E-state index is 3.59. The van der Waals surface area contributed by atoms with Crippen molar-refractivity contribution in [2.45, 2.75) is 0 Å². The van der Waals surface area contributed by atoms with Gasteiger partial charge in [0.2, 0.25) is 0 Å². The largest absolute Gasteiger partial charge is 0 e. The third-order valence-corrected chi connectivity index (χ3v) is 0. The van der Waals surface area contributed by atoms with Crippen LogP contribution in [0.3, 0.4) is 0 Å². The summed E-state index contributed by atoms with van der Waals surface area (Å²) in [7, 11) is 7.18. The molecule has 4 heavy (non-hydrogen) atoms. The molecule has 0 saturated carbocycles. The van der Waals surface area contributed by atoms with Crippen LogP contribution in [-0.2, 0) is 30.8 Å². The minimum absolute atomic E-state index is 0. The third-order valence-electron chi connectivity index (χ3n) is 0. The van der Waals surface area contributed by atoms with E-state index in [1.54, 1.807) is 0 Å². The van der Waals surface area contributed by atoms with Crippen molar-refractivity contribution in [2.24, 2.45) is 0 Å². The Labute approximate surface area is 45.6 Å². The zero-order valence-electron chi connectivity index (χ0n) is 1.66. The van der Waals surface area contributed by atoms with Crippen LogP contribution in [0, 0.1) is 0 Å². The third kappa shape index (κ3) is 9.05. The van der Waals surface area contributed by atoms with Crippen LogP contribution in [0.1, 0.15) is 0 Å². The van der Waals surface area contributed by atoms with Crippen LogP contribution in [0.5, 0.6) is 0 Å². The summed E-state index contributed by atoms with van der Waals surface area (Å²) in [6.07, 6.45) is 0. The van der Waals surface area contributed by atoms with Crippen LogP contribution in [-0.4, -0.2) is 0 Å². The van der Waals surface area contributed by atoms with Gasteiger partial charge in [-0.25, -0.2) is 0 Å². The number of rotatable bonds is 0. The molecule has 0 aromatic rings. The zero-order valence-corrected chi connectivity index (χ0v) is 5.83. The van der Waals surface area contributed by atoms with E-state index in [2.05, 4.69) is 14.7 Å². The maximum atomic E-state index is 3.59. The Bertz CT molecular complexity index is 79.2. The summed E-state index contributed by atoms with van der Waals surface area (Å²) in [6, 6.07) is 0. The van der Waals surface area contributed by atoms with E-state index < -0.39 is 0 Å². The fourth-order valence-corrected chi connectivity index (χ4v) is 0. The molecule has 0 atom stereocenters. The standard InChI is InChI=1S/Ni.2P.V. The van der Waals surface area contributed by atoms with Crippen molar-refractivity contribution in [2.75, 3.05) is 0 Å². The van der Waals surface area contributed by atoms with E-state index in [4.69, 9.17) is 0 Å². The Hall–Kier alpha value is 1.94. The molecule has 0 aromatic heterocycles. The minimum atomic E-state index is 0. The topological polar surface area (TPSA) is 0 Å². The summed E-state index contributed by atoms with van der Waals surface area (Å²) in [4.78, 5) is 0. The molecule has 0 amide bonds. The van der Waals surface area contributed by atoms with Crippen molar-refractivity contribution in [1.29, 1.82) is 0 Å². The van der Waals surface area contributed by atoms with Gasteiger partial charge in [-0.3, -0.25) is 0 Å². The van der Waals surface area contributed by atoms with Crippen LogP contribution < -0.4 is 0 Å². The number of hydrogen-bond donors (Lipinski definition) is 0. The van der Waals surface area contributed by atoms with Crippen molar-refractivity contribution in [1.82, 2.24) is 0 Å². The van der Waals surface area contributed by atoms with Gasteiger partial charge in [-0.1, -0.05) is 0 Å². The van der Waals surface area contributed by atoms with E-state index >= 15 is 0 Å². The quantitative estimate of drug-likeness (QED) is 0.385. The van der Waals surface area contributed by atoms with Crippen LogP contribution >= 0.6 is 14.7 Å². The Morgan fingerprint density at radius 2 is 1.25 bits per heavy atom. The van der Waals surface area contributed by atoms with E-state index in [0.29, 0.717) is 0 Å². The summed E-state index contributed by atoms with van der Waals surface area (Å²) in [5.74, 6) is 0. The van der Waals surface area contributed by atoms with E-state index in [0.717, 1.165) is 12.2 Å². The van der Waals surface area contributed by atoms with Gasteiger partial charge >= 0.3 is 26.9 Å². The van der Waals surface area contributed by atoms with Gasteiger partial charge in [-0.15, -0.1) is 0 Å². The van der Waals surface area contributed by atoms with Crippen LogP contribution in [0.25, 0.3) is 0 Å². The van der Waals surface area contributed by atoms with Crippen molar-refractivity contribution in [3.05, 3.63) is 0 Å². The summed E-state index contributed by atoms with van der Waals surface area (Å²) in [6.45, 7) is 0. The minimum Gasteiger partial charge on any atom is 0 e. The molecule has 0 unspecified atom stereocenters. The van der Waals surface area contributed by atoms with E-state index in [1.807, 2.05) is 0 Å². The zero-order chi connectivity index (χ0) is 2.71. The summed E-state index contributed by atoms with van der Waals surface area (Å²) >= 11 is 1.01. The Morgan fingerprint density at radius 3 is 1.25 bits per heavy atom. The molecule has 0 nitrogen and oxygen atoms in total. The summed E-state index contributed by atoms with van der Waals surface area (Å²) < 4.78 is 0. The molecule has 0 aliphatic rings. The Morgan fingerprint density at radius 1 is 1.25 bits per heavy atom. The first kappa shape index (κ1) is 9.34. The second-order valence-corrected chi connectivity index (χ2v) is 2.35. The summed E-state index contributed by atoms with van der Waals surface area (Å²) in [5.41, 5.74) is 0. The Balaban J connectivity index is 0. The van der Waals surface area contributed by atoms with Crippen molar-refractivity contribution in [3.8, 4) is 0 Å². The smallest absolute Gasteiger partial charge is 0 e. The fourth-order valence-electron chi connectivity index (χ4n) is 0. The van der Waals surface area contributed by atoms with Crippen molar-refractivity contribution >= 4 is 14.7 Å². The van der Waals surface area contributed by atoms with Gasteiger partial charge in [-0.05, 0) is 0 Å². The van der Waals surface area contributed by atoms with Gasteiger partial charge in [-0.2, -0.15) is 0 Å². The molecule has 0 saturated heterocycles. The van der Waals surface area contributed by atoms with Crippen LogP contribution in [0.15, 0.2) is 0 Å². The van der Waals surface area contributed by atoms with Gasteiger partial charge < -0.3 is 0 Å². The molecule has 0 N–H and O–H groups in total. The predicted octanol–water partition coefficient (Wildman–Crippen LogP) is 1.72. The molecule has 0 aliphatic carbocycles. The molecular weight excluding hydrogens is 172 g/mol. The normalized spacial score (nSPS) is 3.50. The van der Waals surface area contributed by atoms with Gasteiger partial charge in [0, 0.05) is 18.6 Å². The molecule has 0 aromatic carbocycles. The Kier molecular flexibility index (Phi) is 20.7. The van der Waals surface area contributed by atoms with E-state index in [-0.39, 0.29) is 18.6 Å². The van der Waals surface area contributed by atoms with Crippen LogP contribution in [0.2, 0.25) is 0 Å². The second kappa shape index (κ2) is 8.87. The molecule has 0 fully saturated rings. The first-order valence-corrected chi connectivity index (χ1v) is 3.50. The SMILES string of the molecule is [P]#[Ni]#[P].[V]. The molecule has 1 radical (unpaired) electrons. The predicted molar refractivity (Wildman–Crippen MR) is 13.8 cm³/mol. The second-order valence-electron chi connectivity index (χ2n) is 0.0632. The molecular formula is NiP2V. The number of hydrogen-bond acceptors (Lipinski definition) is 0. The molecule has 0 spiro atoms. The first-order chi connectivity index (χ1) is 1.41. The molecule has 4 heteroatoms. The first-order valence-electron chi connectivity index (χ1n) is 0.283. The molecule has 25 valence electrons. The van der Waals surface area contributed by atoms with Gasteiger partial charge in [0.05, 0.1) is 0 Å². The fraction of sp³-hybridized carbons (Fsp3) is 0. The average molecular weight is 172 g/mol. The van der Waals surface area contributed by atoms with E-state index in [1.165, 1.54) is 0 Å². The molecule has 0 heterocycles. The maximum Gasteiger partial charge on any atom is 0 e. The molecule has 0 bridgehead atoms. The van der Waals surface area contributed by atoms with Crippen molar-refractivity contribution < 1.29 is 30.8 Å².